The molecule has 2 atom stereocenters. The van der Waals surface area contributed by atoms with Crippen LogP contribution in [0.3, 0.4) is 0 Å². The Hall–Kier alpha value is -2.77. The number of nitrogens with one attached hydrogen (secondary N) is 1. The predicted molar refractivity (Wildman–Crippen MR) is 115 cm³/mol. The SMILES string of the molecule is CS(=O)(=O)N[C@H]1CCc2c(F)ccc(=O)n2[C@H]1Cc1cccc(-c2ccccc2)c1. The van der Waals surface area contributed by atoms with E-state index < -0.39 is 27.9 Å². The third-order valence-corrected chi connectivity index (χ3v) is 6.24. The number of halogens is 1. The van der Waals surface area contributed by atoms with Gasteiger partial charge in [0.1, 0.15) is 5.82 Å². The first-order chi connectivity index (χ1) is 14.3. The summed E-state index contributed by atoms with van der Waals surface area (Å²) in [6, 6.07) is 19.2. The summed E-state index contributed by atoms with van der Waals surface area (Å²) in [5, 5.41) is 0. The van der Waals surface area contributed by atoms with E-state index in [-0.39, 0.29) is 5.56 Å². The Morgan fingerprint density at radius 1 is 1.03 bits per heavy atom. The Bertz CT molecular complexity index is 1220. The van der Waals surface area contributed by atoms with Crippen molar-refractivity contribution in [1.82, 2.24) is 9.29 Å². The fourth-order valence-electron chi connectivity index (χ4n) is 4.23. The van der Waals surface area contributed by atoms with Crippen LogP contribution >= 0.6 is 0 Å². The van der Waals surface area contributed by atoms with Crippen molar-refractivity contribution >= 4 is 10.0 Å². The molecule has 0 spiro atoms. The van der Waals surface area contributed by atoms with Crippen LogP contribution in [0.2, 0.25) is 0 Å². The minimum Gasteiger partial charge on any atom is -0.305 e. The van der Waals surface area contributed by atoms with Crippen LogP contribution in [0.4, 0.5) is 4.39 Å². The van der Waals surface area contributed by atoms with Crippen molar-refractivity contribution in [2.24, 2.45) is 0 Å². The highest BCUT2D eigenvalue weighted by Crippen LogP contribution is 2.30. The van der Waals surface area contributed by atoms with E-state index >= 15 is 0 Å². The minimum absolute atomic E-state index is 0.301. The van der Waals surface area contributed by atoms with Gasteiger partial charge in [0.05, 0.1) is 18.0 Å². The Balaban J connectivity index is 1.75. The smallest absolute Gasteiger partial charge is 0.251 e. The monoisotopic (exact) mass is 426 g/mol. The first-order valence-corrected chi connectivity index (χ1v) is 11.7. The van der Waals surface area contributed by atoms with Crippen molar-refractivity contribution < 1.29 is 12.8 Å². The van der Waals surface area contributed by atoms with Crippen LogP contribution in [-0.4, -0.2) is 25.3 Å². The topological polar surface area (TPSA) is 68.2 Å². The van der Waals surface area contributed by atoms with Gasteiger partial charge >= 0.3 is 0 Å². The Morgan fingerprint density at radius 2 is 1.77 bits per heavy atom. The highest BCUT2D eigenvalue weighted by Gasteiger charge is 2.33. The van der Waals surface area contributed by atoms with Crippen LogP contribution in [0.25, 0.3) is 11.1 Å². The molecule has 0 aliphatic carbocycles. The zero-order chi connectivity index (χ0) is 21.3. The summed E-state index contributed by atoms with van der Waals surface area (Å²) in [5.74, 6) is -0.435. The van der Waals surface area contributed by atoms with Crippen molar-refractivity contribution in [3.05, 3.63) is 94.2 Å². The second kappa shape index (κ2) is 8.16. The van der Waals surface area contributed by atoms with Crippen molar-refractivity contribution in [3.63, 3.8) is 0 Å². The minimum atomic E-state index is -3.48. The fourth-order valence-corrected chi connectivity index (χ4v) is 5.06. The maximum Gasteiger partial charge on any atom is 0.251 e. The van der Waals surface area contributed by atoms with Gasteiger partial charge < -0.3 is 4.57 Å². The van der Waals surface area contributed by atoms with E-state index in [4.69, 9.17) is 0 Å². The molecule has 1 N–H and O–H groups in total. The molecule has 3 aromatic rings. The molecule has 1 aliphatic rings. The third-order valence-electron chi connectivity index (χ3n) is 5.51. The molecular weight excluding hydrogens is 403 g/mol. The highest BCUT2D eigenvalue weighted by atomic mass is 32.2. The summed E-state index contributed by atoms with van der Waals surface area (Å²) in [4.78, 5) is 12.6. The summed E-state index contributed by atoms with van der Waals surface area (Å²) in [6.07, 6.45) is 2.24. The van der Waals surface area contributed by atoms with Crippen LogP contribution in [0.1, 0.15) is 23.7 Å². The molecule has 4 rings (SSSR count). The van der Waals surface area contributed by atoms with E-state index in [1.54, 1.807) is 0 Å². The van der Waals surface area contributed by atoms with E-state index in [0.29, 0.717) is 25.0 Å². The van der Waals surface area contributed by atoms with Gasteiger partial charge in [0.25, 0.3) is 5.56 Å². The van der Waals surface area contributed by atoms with Gasteiger partial charge in [0.15, 0.2) is 0 Å². The first kappa shape index (κ1) is 20.5. The summed E-state index contributed by atoms with van der Waals surface area (Å²) in [5.41, 5.74) is 3.06. The van der Waals surface area contributed by atoms with Crippen molar-refractivity contribution in [2.75, 3.05) is 6.26 Å². The summed E-state index contributed by atoms with van der Waals surface area (Å²) >= 11 is 0. The molecule has 156 valence electrons. The molecule has 0 radical (unpaired) electrons. The van der Waals surface area contributed by atoms with Crippen LogP contribution in [0.15, 0.2) is 71.5 Å². The Morgan fingerprint density at radius 3 is 2.50 bits per heavy atom. The third kappa shape index (κ3) is 4.37. The number of hydrogen-bond donors (Lipinski definition) is 1. The van der Waals surface area contributed by atoms with Gasteiger partial charge in [-0.05, 0) is 42.0 Å². The molecule has 5 nitrogen and oxygen atoms in total. The quantitative estimate of drug-likeness (QED) is 0.681. The van der Waals surface area contributed by atoms with Crippen LogP contribution < -0.4 is 10.3 Å². The van der Waals surface area contributed by atoms with E-state index in [0.717, 1.165) is 22.9 Å². The van der Waals surface area contributed by atoms with E-state index in [9.17, 15) is 17.6 Å². The predicted octanol–water partition coefficient (Wildman–Crippen LogP) is 3.30. The molecular formula is C23H23FN2O3S. The maximum absolute atomic E-state index is 14.4. The molecule has 7 heteroatoms. The lowest BCUT2D eigenvalue weighted by Gasteiger charge is -2.35. The lowest BCUT2D eigenvalue weighted by atomic mass is 9.90. The van der Waals surface area contributed by atoms with Crippen molar-refractivity contribution in [3.8, 4) is 11.1 Å². The largest absolute Gasteiger partial charge is 0.305 e. The number of nitrogens with zero attached hydrogens (tertiary/aromatic N) is 1. The highest BCUT2D eigenvalue weighted by molar-refractivity contribution is 7.88. The molecule has 30 heavy (non-hydrogen) atoms. The second-order valence-electron chi connectivity index (χ2n) is 7.71. The summed E-state index contributed by atoms with van der Waals surface area (Å²) < 4.78 is 42.4. The average Bonchev–Trinajstić information content (AvgIpc) is 2.72. The number of pyridine rings is 1. The number of benzene rings is 2. The molecule has 0 bridgehead atoms. The fraction of sp³-hybridized carbons (Fsp3) is 0.261. The zero-order valence-corrected chi connectivity index (χ0v) is 17.4. The van der Waals surface area contributed by atoms with E-state index in [1.165, 1.54) is 16.7 Å². The molecule has 0 unspecified atom stereocenters. The Kier molecular flexibility index (Phi) is 5.58. The molecule has 1 aromatic heterocycles. The molecule has 0 saturated carbocycles. The molecule has 0 fully saturated rings. The van der Waals surface area contributed by atoms with E-state index in [1.807, 2.05) is 54.6 Å². The summed E-state index contributed by atoms with van der Waals surface area (Å²) in [7, 11) is -3.48. The van der Waals surface area contributed by atoms with Gasteiger partial charge in [-0.25, -0.2) is 17.5 Å². The lowest BCUT2D eigenvalue weighted by molar-refractivity contribution is 0.306. The van der Waals surface area contributed by atoms with Crippen LogP contribution in [0, 0.1) is 5.82 Å². The molecule has 0 amide bonds. The van der Waals surface area contributed by atoms with Crippen molar-refractivity contribution in [1.29, 1.82) is 0 Å². The van der Waals surface area contributed by atoms with Gasteiger partial charge in [-0.3, -0.25) is 4.79 Å². The lowest BCUT2D eigenvalue weighted by Crippen LogP contribution is -2.48. The second-order valence-corrected chi connectivity index (χ2v) is 9.49. The number of rotatable bonds is 5. The van der Waals surface area contributed by atoms with Gasteiger partial charge in [0.2, 0.25) is 10.0 Å². The first-order valence-electron chi connectivity index (χ1n) is 9.83. The molecule has 2 heterocycles. The van der Waals surface area contributed by atoms with Crippen molar-refractivity contribution in [2.45, 2.75) is 31.3 Å². The van der Waals surface area contributed by atoms with Crippen LogP contribution in [-0.2, 0) is 22.9 Å². The average molecular weight is 427 g/mol. The molecule has 1 aliphatic heterocycles. The molecule has 2 aromatic carbocycles. The van der Waals surface area contributed by atoms with Gasteiger partial charge in [-0.15, -0.1) is 0 Å². The zero-order valence-electron chi connectivity index (χ0n) is 16.6. The van der Waals surface area contributed by atoms with Gasteiger partial charge in [0, 0.05) is 12.1 Å². The Labute approximate surface area is 175 Å². The number of hydrogen-bond acceptors (Lipinski definition) is 3. The van der Waals surface area contributed by atoms with Gasteiger partial charge in [-0.2, -0.15) is 0 Å². The summed E-state index contributed by atoms with van der Waals surface area (Å²) in [6.45, 7) is 0. The number of sulfonamides is 1. The van der Waals surface area contributed by atoms with Gasteiger partial charge in [-0.1, -0.05) is 54.6 Å². The number of aromatic nitrogens is 1. The van der Waals surface area contributed by atoms with Crippen LogP contribution in [0.5, 0.6) is 0 Å². The molecule has 0 saturated heterocycles. The normalized spacial score (nSPS) is 18.7. The number of fused-ring (bicyclic) bond motifs is 1. The standard InChI is InChI=1S/C23H23FN2O3S/c1-30(28,29)25-20-11-12-21-19(24)10-13-23(27)26(21)22(20)15-16-6-5-9-18(14-16)17-7-3-2-4-8-17/h2-10,13-14,20,22,25H,11-12,15H2,1H3/t20-,22-/m0/s1. The van der Waals surface area contributed by atoms with E-state index in [2.05, 4.69) is 4.72 Å². The maximum atomic E-state index is 14.4.